The first kappa shape index (κ1) is 22.4. The van der Waals surface area contributed by atoms with E-state index in [1.165, 1.54) is 0 Å². The zero-order valence-corrected chi connectivity index (χ0v) is 19.9. The van der Waals surface area contributed by atoms with E-state index in [-0.39, 0.29) is 30.3 Å². The van der Waals surface area contributed by atoms with Crippen molar-refractivity contribution >= 4 is 40.8 Å². The van der Waals surface area contributed by atoms with Crippen LogP contribution in [0.5, 0.6) is 0 Å². The molecule has 9 heteroatoms. The van der Waals surface area contributed by atoms with Crippen LogP contribution in [0.1, 0.15) is 32.1 Å². The van der Waals surface area contributed by atoms with Crippen molar-refractivity contribution in [1.82, 2.24) is 20.0 Å². The number of rotatable bonds is 6. The molecule has 2 heterocycles. The number of nitrogens with zero attached hydrogens (tertiary/aromatic N) is 5. The van der Waals surface area contributed by atoms with Gasteiger partial charge >= 0.3 is 0 Å². The second-order valence-electron chi connectivity index (χ2n) is 9.09. The van der Waals surface area contributed by atoms with E-state index in [1.807, 2.05) is 28.0 Å². The fraction of sp³-hybridized carbons (Fsp3) is 0.500. The lowest BCUT2D eigenvalue weighted by atomic mass is 9.84. The van der Waals surface area contributed by atoms with Gasteiger partial charge < -0.3 is 14.7 Å². The first-order valence-electron chi connectivity index (χ1n) is 11.6. The van der Waals surface area contributed by atoms with Gasteiger partial charge in [-0.2, -0.15) is 0 Å². The highest BCUT2D eigenvalue weighted by Gasteiger charge is 2.39. The first-order chi connectivity index (χ1) is 16.0. The standard InChI is InChI=1S/C24H27Cl2N5O2/c25-17-4-7-19(20(26)14-17)21-8-9-22(28-27-21)29-10-12-30(13-11-29)23(32)15-31(18-5-6-18)24(33)16-2-1-3-16/h4,7-9,14,16,18H,1-3,5-6,10-13,15H2. The van der Waals surface area contributed by atoms with Gasteiger partial charge in [-0.25, -0.2) is 0 Å². The normalized spacial score (nSPS) is 18.7. The van der Waals surface area contributed by atoms with Gasteiger partial charge in [-0.05, 0) is 56.0 Å². The minimum absolute atomic E-state index is 0.0491. The maximum Gasteiger partial charge on any atom is 0.242 e. The third-order valence-electron chi connectivity index (χ3n) is 6.84. The number of aromatic nitrogens is 2. The van der Waals surface area contributed by atoms with Crippen LogP contribution in [0, 0.1) is 5.92 Å². The quantitative estimate of drug-likeness (QED) is 0.617. The molecule has 3 fully saturated rings. The van der Waals surface area contributed by atoms with Gasteiger partial charge in [-0.15, -0.1) is 10.2 Å². The summed E-state index contributed by atoms with van der Waals surface area (Å²) in [4.78, 5) is 31.5. The van der Waals surface area contributed by atoms with E-state index in [0.29, 0.717) is 41.9 Å². The second kappa shape index (κ2) is 9.47. The van der Waals surface area contributed by atoms with Crippen LogP contribution in [0.3, 0.4) is 0 Å². The average molecular weight is 488 g/mol. The summed E-state index contributed by atoms with van der Waals surface area (Å²) in [6, 6.07) is 9.39. The number of hydrogen-bond donors (Lipinski definition) is 0. The van der Waals surface area contributed by atoms with Crippen molar-refractivity contribution in [3.05, 3.63) is 40.4 Å². The van der Waals surface area contributed by atoms with Crippen molar-refractivity contribution < 1.29 is 9.59 Å². The molecule has 0 N–H and O–H groups in total. The second-order valence-corrected chi connectivity index (χ2v) is 9.94. The van der Waals surface area contributed by atoms with Gasteiger partial charge in [0.15, 0.2) is 5.82 Å². The van der Waals surface area contributed by atoms with Gasteiger partial charge in [0.1, 0.15) is 6.54 Å². The van der Waals surface area contributed by atoms with Crippen LogP contribution < -0.4 is 4.90 Å². The molecule has 5 rings (SSSR count). The van der Waals surface area contributed by atoms with Crippen LogP contribution in [-0.2, 0) is 9.59 Å². The molecule has 7 nitrogen and oxygen atoms in total. The molecule has 1 saturated heterocycles. The van der Waals surface area contributed by atoms with Crippen molar-refractivity contribution in [3.8, 4) is 11.3 Å². The summed E-state index contributed by atoms with van der Waals surface area (Å²) in [5, 5.41) is 9.83. The van der Waals surface area contributed by atoms with Crippen LogP contribution in [0.25, 0.3) is 11.3 Å². The van der Waals surface area contributed by atoms with E-state index in [0.717, 1.165) is 43.5 Å². The fourth-order valence-corrected chi connectivity index (χ4v) is 4.93. The van der Waals surface area contributed by atoms with Crippen LogP contribution in [0.2, 0.25) is 10.0 Å². The highest BCUT2D eigenvalue weighted by atomic mass is 35.5. The molecule has 0 spiro atoms. The average Bonchev–Trinajstić information content (AvgIpc) is 3.62. The number of halogens is 2. The molecule has 1 aromatic carbocycles. The first-order valence-corrected chi connectivity index (χ1v) is 12.4. The summed E-state index contributed by atoms with van der Waals surface area (Å²) in [5.41, 5.74) is 1.47. The van der Waals surface area contributed by atoms with Crippen LogP contribution in [0.15, 0.2) is 30.3 Å². The third-order valence-corrected chi connectivity index (χ3v) is 7.39. The van der Waals surface area contributed by atoms with E-state index < -0.39 is 0 Å². The molecule has 1 aliphatic heterocycles. The largest absolute Gasteiger partial charge is 0.352 e. The number of carbonyl (C=O) groups excluding carboxylic acids is 2. The lowest BCUT2D eigenvalue weighted by Crippen LogP contribution is -2.53. The van der Waals surface area contributed by atoms with Crippen molar-refractivity contribution in [2.24, 2.45) is 5.92 Å². The lowest BCUT2D eigenvalue weighted by Gasteiger charge is -2.37. The van der Waals surface area contributed by atoms with Crippen molar-refractivity contribution in [1.29, 1.82) is 0 Å². The number of anilines is 1. The maximum absolute atomic E-state index is 12.9. The summed E-state index contributed by atoms with van der Waals surface area (Å²) in [6.45, 7) is 2.81. The Bertz CT molecular complexity index is 1030. The predicted molar refractivity (Wildman–Crippen MR) is 128 cm³/mol. The number of hydrogen-bond acceptors (Lipinski definition) is 5. The van der Waals surface area contributed by atoms with Gasteiger partial charge in [0.05, 0.1) is 10.7 Å². The molecule has 2 saturated carbocycles. The Morgan fingerprint density at radius 2 is 1.73 bits per heavy atom. The summed E-state index contributed by atoms with van der Waals surface area (Å²) in [5.74, 6) is 1.15. The lowest BCUT2D eigenvalue weighted by molar-refractivity contribution is -0.145. The van der Waals surface area contributed by atoms with E-state index >= 15 is 0 Å². The maximum atomic E-state index is 12.9. The van der Waals surface area contributed by atoms with Gasteiger partial charge in [-0.3, -0.25) is 9.59 Å². The molecule has 0 atom stereocenters. The van der Waals surface area contributed by atoms with Gasteiger partial charge in [0.25, 0.3) is 0 Å². The molecule has 33 heavy (non-hydrogen) atoms. The smallest absolute Gasteiger partial charge is 0.242 e. The highest BCUT2D eigenvalue weighted by Crippen LogP contribution is 2.34. The van der Waals surface area contributed by atoms with E-state index in [4.69, 9.17) is 23.2 Å². The number of amides is 2. The fourth-order valence-electron chi connectivity index (χ4n) is 4.43. The molecule has 0 unspecified atom stereocenters. The molecule has 2 amide bonds. The zero-order chi connectivity index (χ0) is 22.9. The Labute approximate surface area is 203 Å². The SMILES string of the molecule is O=C(CN(C(=O)C1CCC1)C1CC1)N1CCN(c2ccc(-c3ccc(Cl)cc3Cl)nn2)CC1. The predicted octanol–water partition coefficient (Wildman–Crippen LogP) is 3.89. The van der Waals surface area contributed by atoms with Gasteiger partial charge in [-0.1, -0.05) is 29.6 Å². The Hall–Kier alpha value is -2.38. The van der Waals surface area contributed by atoms with E-state index in [2.05, 4.69) is 15.1 Å². The molecular weight excluding hydrogens is 461 g/mol. The van der Waals surface area contributed by atoms with Crippen molar-refractivity contribution in [3.63, 3.8) is 0 Å². The monoisotopic (exact) mass is 487 g/mol. The number of carbonyl (C=O) groups is 2. The van der Waals surface area contributed by atoms with Gasteiger partial charge in [0.2, 0.25) is 11.8 Å². The zero-order valence-electron chi connectivity index (χ0n) is 18.4. The minimum Gasteiger partial charge on any atom is -0.352 e. The summed E-state index contributed by atoms with van der Waals surface area (Å²) in [7, 11) is 0. The molecule has 2 aliphatic carbocycles. The van der Waals surface area contributed by atoms with Crippen LogP contribution in [-0.4, -0.2) is 70.6 Å². The Kier molecular flexibility index (Phi) is 6.43. The summed E-state index contributed by atoms with van der Waals surface area (Å²) >= 11 is 12.3. The Morgan fingerprint density at radius 1 is 0.970 bits per heavy atom. The summed E-state index contributed by atoms with van der Waals surface area (Å²) < 4.78 is 0. The van der Waals surface area contributed by atoms with E-state index in [9.17, 15) is 9.59 Å². The molecule has 0 bridgehead atoms. The number of piperazine rings is 1. The minimum atomic E-state index is 0.0491. The molecule has 2 aromatic rings. The molecular formula is C24H27Cl2N5O2. The van der Waals surface area contributed by atoms with Crippen LogP contribution >= 0.6 is 23.2 Å². The Morgan fingerprint density at radius 3 is 2.30 bits per heavy atom. The topological polar surface area (TPSA) is 69.6 Å². The van der Waals surface area contributed by atoms with Gasteiger partial charge in [0, 0.05) is 48.7 Å². The Balaban J connectivity index is 1.17. The van der Waals surface area contributed by atoms with E-state index in [1.54, 1.807) is 12.1 Å². The molecule has 0 radical (unpaired) electrons. The third kappa shape index (κ3) is 4.94. The molecule has 3 aliphatic rings. The summed E-state index contributed by atoms with van der Waals surface area (Å²) in [6.07, 6.45) is 5.12. The highest BCUT2D eigenvalue weighted by molar-refractivity contribution is 6.36. The van der Waals surface area contributed by atoms with Crippen molar-refractivity contribution in [2.45, 2.75) is 38.1 Å². The molecule has 1 aromatic heterocycles. The van der Waals surface area contributed by atoms with Crippen LogP contribution in [0.4, 0.5) is 5.82 Å². The number of benzene rings is 1. The van der Waals surface area contributed by atoms with Crippen molar-refractivity contribution in [2.75, 3.05) is 37.6 Å². The molecule has 174 valence electrons.